The molecule has 2 unspecified atom stereocenters. The lowest BCUT2D eigenvalue weighted by molar-refractivity contribution is -0.258. The third kappa shape index (κ3) is 7.10. The highest BCUT2D eigenvalue weighted by molar-refractivity contribution is 8.12. The smallest absolute Gasteiger partial charge is 0.194 e. The highest BCUT2D eigenvalue weighted by Gasteiger charge is 2.85. The number of aryl methyl sites for hydroxylation is 3. The van der Waals surface area contributed by atoms with Crippen molar-refractivity contribution in [1.82, 2.24) is 0 Å². The standard InChI is InChI=1S/C64H42F12S4/c1-31-29-47(35(5)77-31)51-53(61(69,70)63(73,74)59(51,65)66)49-33(3)55(78-36(49)6)39-23-17-37(18-24-39)21-27-45-41-13-9-11-15-43(41)46(44-16-12-10-14-42(44)45)28-22-38-19-25-40(26-20-38)56-34(4)50-54-52(60(67,68)64(75,76)62(54,71)72)48-30-32(2)79-57(48,7)58(50,8)80-56/h9-20,23-26,29-30H,1-8H3. The van der Waals surface area contributed by atoms with Crippen molar-refractivity contribution in [3.05, 3.63) is 201 Å². The Labute approximate surface area is 469 Å². The SMILES string of the molecule is CC1=CC2=C3C(=C4C(C)=C(c5ccc(C#Cc6c7ccccc7c(C#Cc7ccc(-c8sc(C)c(C9=C(c%10cc(C)sc%10C)C(F)(F)C(F)(F)C9(F)F)c8C)cc7)c7ccccc67)cc5)SC4(C)C2(C)S1)C(F)(F)C(F)(F)C3(F)F. The van der Waals surface area contributed by atoms with Gasteiger partial charge >= 0.3 is 35.5 Å². The zero-order chi connectivity index (χ0) is 57.4. The van der Waals surface area contributed by atoms with Crippen LogP contribution in [0.2, 0.25) is 0 Å². The molecule has 4 heterocycles. The Morgan fingerprint density at radius 3 is 1.39 bits per heavy atom. The van der Waals surface area contributed by atoms with E-state index in [9.17, 15) is 0 Å². The molecule has 80 heavy (non-hydrogen) atoms. The molecule has 5 aliphatic rings. The van der Waals surface area contributed by atoms with Gasteiger partial charge < -0.3 is 0 Å². The summed E-state index contributed by atoms with van der Waals surface area (Å²) in [4.78, 5) is 2.46. The van der Waals surface area contributed by atoms with Gasteiger partial charge in [0.15, 0.2) is 0 Å². The number of halogens is 12. The summed E-state index contributed by atoms with van der Waals surface area (Å²) in [6.07, 6.45) is 1.35. The second-order valence-electron chi connectivity index (χ2n) is 21.0. The molecule has 0 amide bonds. The van der Waals surface area contributed by atoms with Gasteiger partial charge in [-0.2, -0.15) is 52.7 Å². The van der Waals surface area contributed by atoms with E-state index in [1.807, 2.05) is 48.5 Å². The molecule has 12 rings (SSSR count). The van der Waals surface area contributed by atoms with Gasteiger partial charge in [-0.25, -0.2) is 0 Å². The molecule has 0 radical (unpaired) electrons. The van der Waals surface area contributed by atoms with Crippen LogP contribution in [0.3, 0.4) is 0 Å². The number of hydrogen-bond donors (Lipinski definition) is 0. The van der Waals surface area contributed by atoms with Crippen LogP contribution < -0.4 is 0 Å². The van der Waals surface area contributed by atoms with Crippen LogP contribution in [-0.2, 0) is 0 Å². The summed E-state index contributed by atoms with van der Waals surface area (Å²) in [5.41, 5.74) is -2.14. The Kier molecular flexibility index (Phi) is 11.9. The number of rotatable bonds is 4. The molecule has 16 heteroatoms. The largest absolute Gasteiger partial charge is 0.380 e. The van der Waals surface area contributed by atoms with Crippen LogP contribution in [0.5, 0.6) is 0 Å². The van der Waals surface area contributed by atoms with Gasteiger partial charge in [0.25, 0.3) is 0 Å². The number of benzene rings is 5. The molecule has 2 aliphatic heterocycles. The first-order chi connectivity index (χ1) is 37.4. The van der Waals surface area contributed by atoms with E-state index in [0.29, 0.717) is 52.9 Å². The van der Waals surface area contributed by atoms with Crippen LogP contribution in [0.15, 0.2) is 142 Å². The number of fused-ring (bicyclic) bond motifs is 6. The summed E-state index contributed by atoms with van der Waals surface area (Å²) in [6, 6.07) is 30.5. The van der Waals surface area contributed by atoms with Crippen molar-refractivity contribution >= 4 is 83.8 Å². The third-order valence-electron chi connectivity index (χ3n) is 16.3. The fraction of sp³-hybridized carbons (Fsp3) is 0.250. The summed E-state index contributed by atoms with van der Waals surface area (Å²) in [7, 11) is 0. The zero-order valence-electron chi connectivity index (χ0n) is 43.6. The summed E-state index contributed by atoms with van der Waals surface area (Å²) >= 11 is 4.55. The topological polar surface area (TPSA) is 0 Å². The minimum absolute atomic E-state index is 0.175. The van der Waals surface area contributed by atoms with E-state index in [1.54, 1.807) is 76.2 Å². The average molecular weight is 1170 g/mol. The molecular formula is C64H42F12S4. The molecule has 1 saturated carbocycles. The Bertz CT molecular complexity index is 4170. The van der Waals surface area contributed by atoms with Gasteiger partial charge in [-0.05, 0) is 157 Å². The fourth-order valence-electron chi connectivity index (χ4n) is 12.3. The van der Waals surface area contributed by atoms with Crippen LogP contribution in [0.4, 0.5) is 52.7 Å². The van der Waals surface area contributed by atoms with Gasteiger partial charge in [0.05, 0.1) is 9.49 Å². The van der Waals surface area contributed by atoms with Gasteiger partial charge in [-0.1, -0.05) is 96.5 Å². The molecule has 2 aromatic heterocycles. The van der Waals surface area contributed by atoms with E-state index in [4.69, 9.17) is 0 Å². The highest BCUT2D eigenvalue weighted by Crippen LogP contribution is 2.76. The number of hydrogen-bond acceptors (Lipinski definition) is 4. The Hall–Kier alpha value is -6.30. The maximum atomic E-state index is 15.9. The zero-order valence-corrected chi connectivity index (χ0v) is 46.8. The number of thiophene rings is 2. The summed E-state index contributed by atoms with van der Waals surface area (Å²) in [5.74, 6) is -18.6. The van der Waals surface area contributed by atoms with Crippen molar-refractivity contribution < 1.29 is 52.7 Å². The van der Waals surface area contributed by atoms with Crippen molar-refractivity contribution in [2.75, 3.05) is 0 Å². The Morgan fingerprint density at radius 1 is 0.438 bits per heavy atom. The van der Waals surface area contributed by atoms with E-state index < -0.39 is 67.3 Å². The molecule has 3 aliphatic carbocycles. The maximum absolute atomic E-state index is 15.9. The molecule has 0 nitrogen and oxygen atoms in total. The molecule has 406 valence electrons. The fourth-order valence-corrected chi connectivity index (χ4v) is 17.6. The lowest BCUT2D eigenvalue weighted by Gasteiger charge is -2.47. The molecule has 0 N–H and O–H groups in total. The van der Waals surface area contributed by atoms with Crippen molar-refractivity contribution in [2.24, 2.45) is 0 Å². The van der Waals surface area contributed by atoms with Crippen LogP contribution in [-0.4, -0.2) is 45.0 Å². The van der Waals surface area contributed by atoms with Gasteiger partial charge in [-0.3, -0.25) is 0 Å². The molecular weight excluding hydrogens is 1120 g/mol. The van der Waals surface area contributed by atoms with Crippen molar-refractivity contribution in [3.63, 3.8) is 0 Å². The molecule has 5 aromatic carbocycles. The molecule has 1 fully saturated rings. The normalized spacial score (nSPS) is 23.5. The van der Waals surface area contributed by atoms with Gasteiger partial charge in [0.2, 0.25) is 0 Å². The summed E-state index contributed by atoms with van der Waals surface area (Å²) in [6.45, 7) is 12.5. The van der Waals surface area contributed by atoms with E-state index in [0.717, 1.165) is 44.2 Å². The van der Waals surface area contributed by atoms with Gasteiger partial charge in [-0.15, -0.1) is 46.2 Å². The molecule has 0 bridgehead atoms. The second-order valence-corrected chi connectivity index (χ2v) is 26.8. The predicted molar refractivity (Wildman–Crippen MR) is 302 cm³/mol. The lowest BCUT2D eigenvalue weighted by Crippen LogP contribution is -2.49. The van der Waals surface area contributed by atoms with Crippen molar-refractivity contribution in [3.8, 4) is 34.1 Å². The van der Waals surface area contributed by atoms with Crippen LogP contribution in [0, 0.1) is 51.4 Å². The molecule has 0 spiro atoms. The summed E-state index contributed by atoms with van der Waals surface area (Å²) in [5, 5.41) is 3.24. The number of thioether (sulfide) groups is 2. The Morgan fingerprint density at radius 2 is 0.900 bits per heavy atom. The molecule has 0 saturated heterocycles. The van der Waals surface area contributed by atoms with Crippen LogP contribution in [0.25, 0.3) is 48.0 Å². The highest BCUT2D eigenvalue weighted by atomic mass is 32.2. The minimum atomic E-state index is -5.67. The molecule has 7 aromatic rings. The van der Waals surface area contributed by atoms with Gasteiger partial charge in [0, 0.05) is 74.5 Å². The molecule has 2 atom stereocenters. The lowest BCUT2D eigenvalue weighted by atomic mass is 9.69. The van der Waals surface area contributed by atoms with E-state index in [1.165, 1.54) is 63.4 Å². The average Bonchev–Trinajstić information content (AvgIpc) is 4.34. The predicted octanol–water partition coefficient (Wildman–Crippen LogP) is 19.8. The maximum Gasteiger partial charge on any atom is 0.380 e. The van der Waals surface area contributed by atoms with E-state index in [2.05, 4.69) is 23.7 Å². The second kappa shape index (κ2) is 17.6. The monoisotopic (exact) mass is 1170 g/mol. The minimum Gasteiger partial charge on any atom is -0.194 e. The van der Waals surface area contributed by atoms with E-state index >= 15 is 52.7 Å². The third-order valence-corrected chi connectivity index (χ3v) is 21.9. The van der Waals surface area contributed by atoms with Gasteiger partial charge in [0.1, 0.15) is 0 Å². The first-order valence-electron chi connectivity index (χ1n) is 25.1. The quantitative estimate of drug-likeness (QED) is 0.0979. The Balaban J connectivity index is 0.868. The number of allylic oxidation sites excluding steroid dienone is 7. The number of alkyl halides is 12. The summed E-state index contributed by atoms with van der Waals surface area (Å²) < 4.78 is 185. The van der Waals surface area contributed by atoms with E-state index in [-0.39, 0.29) is 43.2 Å². The first-order valence-corrected chi connectivity index (χ1v) is 28.4. The van der Waals surface area contributed by atoms with Crippen molar-refractivity contribution in [2.45, 2.75) is 100 Å². The first kappa shape index (κ1) is 54.3. The van der Waals surface area contributed by atoms with Crippen molar-refractivity contribution in [1.29, 1.82) is 0 Å². The van der Waals surface area contributed by atoms with Crippen LogP contribution in [0.1, 0.15) is 86.8 Å². The van der Waals surface area contributed by atoms with Crippen LogP contribution >= 0.6 is 46.2 Å².